The minimum Gasteiger partial charge on any atom is -0.294 e. The van der Waals surface area contributed by atoms with E-state index in [4.69, 9.17) is 5.26 Å². The Hall–Kier alpha value is -2.21. The number of aryl methyl sites for hydroxylation is 1. The molecule has 0 radical (unpaired) electrons. The fraction of sp³-hybridized carbons (Fsp3) is 0.267. The van der Waals surface area contributed by atoms with Crippen molar-refractivity contribution in [3.05, 3.63) is 41.6 Å². The largest absolute Gasteiger partial charge is 0.294 e. The van der Waals surface area contributed by atoms with Crippen LogP contribution in [0.5, 0.6) is 0 Å². The number of pyridine rings is 1. The molecule has 1 atom stereocenters. The lowest BCUT2D eigenvalue weighted by Gasteiger charge is -2.10. The average molecular weight is 238 g/mol. The molecule has 0 spiro atoms. The molecule has 1 aromatic heterocycles. The fourth-order valence-corrected chi connectivity index (χ4v) is 2.01. The van der Waals surface area contributed by atoms with E-state index in [2.05, 4.69) is 4.98 Å². The molecule has 0 fully saturated rings. The van der Waals surface area contributed by atoms with E-state index in [9.17, 15) is 4.79 Å². The summed E-state index contributed by atoms with van der Waals surface area (Å²) < 4.78 is 0. The van der Waals surface area contributed by atoms with Gasteiger partial charge in [0.2, 0.25) is 0 Å². The third kappa shape index (κ3) is 2.23. The van der Waals surface area contributed by atoms with Crippen molar-refractivity contribution in [3.63, 3.8) is 0 Å². The monoisotopic (exact) mass is 238 g/mol. The molecular formula is C15H14N2O. The Morgan fingerprint density at radius 3 is 2.89 bits per heavy atom. The van der Waals surface area contributed by atoms with Gasteiger partial charge in [0.05, 0.1) is 11.6 Å². The first-order valence-electron chi connectivity index (χ1n) is 5.91. The molecule has 0 aliphatic carbocycles. The number of ketones is 1. The summed E-state index contributed by atoms with van der Waals surface area (Å²) >= 11 is 0. The first-order chi connectivity index (χ1) is 8.63. The molecule has 18 heavy (non-hydrogen) atoms. The summed E-state index contributed by atoms with van der Waals surface area (Å²) in [6, 6.07) is 11.4. The molecule has 1 aromatic carbocycles. The van der Waals surface area contributed by atoms with Crippen molar-refractivity contribution in [1.29, 1.82) is 5.26 Å². The van der Waals surface area contributed by atoms with Crippen LogP contribution in [0.15, 0.2) is 30.3 Å². The first kappa shape index (κ1) is 12.3. The smallest absolute Gasteiger partial charge is 0.167 e. The van der Waals surface area contributed by atoms with Gasteiger partial charge in [0, 0.05) is 29.0 Å². The summed E-state index contributed by atoms with van der Waals surface area (Å²) in [7, 11) is 0. The average Bonchev–Trinajstić information content (AvgIpc) is 2.37. The first-order valence-corrected chi connectivity index (χ1v) is 5.91. The van der Waals surface area contributed by atoms with Crippen LogP contribution in [0.3, 0.4) is 0 Å². The molecule has 90 valence electrons. The standard InChI is InChI=1S/C15H14N2O/c1-10(7-8-16)15(18)13-9-11(2)17-14-6-4-3-5-12(13)14/h3-6,9-10H,7H2,1-2H3. The Balaban J connectivity index is 2.57. The van der Waals surface area contributed by atoms with Crippen LogP contribution in [0.2, 0.25) is 0 Å². The third-order valence-electron chi connectivity index (χ3n) is 2.95. The highest BCUT2D eigenvalue weighted by Gasteiger charge is 2.18. The number of carbonyl (C=O) groups is 1. The van der Waals surface area contributed by atoms with Gasteiger partial charge in [-0.15, -0.1) is 0 Å². The molecule has 0 bridgehead atoms. The summed E-state index contributed by atoms with van der Waals surface area (Å²) in [6.07, 6.45) is 0.245. The van der Waals surface area contributed by atoms with E-state index in [1.807, 2.05) is 37.3 Å². The Labute approximate surface area is 106 Å². The van der Waals surface area contributed by atoms with Crippen molar-refractivity contribution >= 4 is 16.7 Å². The van der Waals surface area contributed by atoms with Crippen molar-refractivity contribution in [2.45, 2.75) is 20.3 Å². The van der Waals surface area contributed by atoms with Crippen molar-refractivity contribution in [1.82, 2.24) is 4.98 Å². The zero-order valence-corrected chi connectivity index (χ0v) is 10.5. The van der Waals surface area contributed by atoms with E-state index in [0.29, 0.717) is 5.56 Å². The maximum Gasteiger partial charge on any atom is 0.167 e. The molecule has 1 unspecified atom stereocenters. The van der Waals surface area contributed by atoms with Gasteiger partial charge in [0.25, 0.3) is 0 Å². The Morgan fingerprint density at radius 1 is 1.44 bits per heavy atom. The van der Waals surface area contributed by atoms with E-state index >= 15 is 0 Å². The second-order valence-corrected chi connectivity index (χ2v) is 4.46. The van der Waals surface area contributed by atoms with Crippen LogP contribution in [-0.4, -0.2) is 10.8 Å². The minimum absolute atomic E-state index is 0.0123. The normalized spacial score (nSPS) is 12.1. The van der Waals surface area contributed by atoms with E-state index < -0.39 is 0 Å². The summed E-state index contributed by atoms with van der Waals surface area (Å²) in [5, 5.41) is 9.54. The van der Waals surface area contributed by atoms with Gasteiger partial charge < -0.3 is 0 Å². The van der Waals surface area contributed by atoms with E-state index in [1.54, 1.807) is 13.0 Å². The second kappa shape index (κ2) is 4.97. The molecule has 0 aliphatic rings. The van der Waals surface area contributed by atoms with Crippen LogP contribution in [-0.2, 0) is 0 Å². The maximum atomic E-state index is 12.3. The number of hydrogen-bond acceptors (Lipinski definition) is 3. The van der Waals surface area contributed by atoms with Crippen molar-refractivity contribution in [3.8, 4) is 6.07 Å². The molecule has 0 aliphatic heterocycles. The number of carbonyl (C=O) groups excluding carboxylic acids is 1. The second-order valence-electron chi connectivity index (χ2n) is 4.46. The van der Waals surface area contributed by atoms with Gasteiger partial charge in [-0.25, -0.2) is 0 Å². The minimum atomic E-state index is -0.278. The number of fused-ring (bicyclic) bond motifs is 1. The van der Waals surface area contributed by atoms with Crippen LogP contribution >= 0.6 is 0 Å². The number of nitriles is 1. The topological polar surface area (TPSA) is 53.8 Å². The number of para-hydroxylation sites is 1. The molecule has 0 amide bonds. The van der Waals surface area contributed by atoms with Crippen LogP contribution in [0.1, 0.15) is 29.4 Å². The predicted molar refractivity (Wildman–Crippen MR) is 70.2 cm³/mol. The van der Waals surface area contributed by atoms with Crippen molar-refractivity contribution in [2.75, 3.05) is 0 Å². The van der Waals surface area contributed by atoms with Gasteiger partial charge in [0.15, 0.2) is 5.78 Å². The molecule has 3 nitrogen and oxygen atoms in total. The molecule has 0 saturated heterocycles. The number of hydrogen-bond donors (Lipinski definition) is 0. The highest BCUT2D eigenvalue weighted by atomic mass is 16.1. The zero-order chi connectivity index (χ0) is 13.1. The van der Waals surface area contributed by atoms with E-state index in [1.165, 1.54) is 0 Å². The number of Topliss-reactive ketones (excluding diaryl/α,β-unsaturated/α-hetero) is 1. The highest BCUT2D eigenvalue weighted by molar-refractivity contribution is 6.08. The van der Waals surface area contributed by atoms with Gasteiger partial charge in [-0.1, -0.05) is 25.1 Å². The molecule has 0 N–H and O–H groups in total. The van der Waals surface area contributed by atoms with Crippen LogP contribution in [0.25, 0.3) is 10.9 Å². The number of aromatic nitrogens is 1. The van der Waals surface area contributed by atoms with Crippen LogP contribution < -0.4 is 0 Å². The van der Waals surface area contributed by atoms with Gasteiger partial charge in [0.1, 0.15) is 0 Å². The van der Waals surface area contributed by atoms with Crippen LogP contribution in [0.4, 0.5) is 0 Å². The van der Waals surface area contributed by atoms with Crippen molar-refractivity contribution in [2.24, 2.45) is 5.92 Å². The summed E-state index contributed by atoms with van der Waals surface area (Å²) in [4.78, 5) is 16.7. The predicted octanol–water partition coefficient (Wildman–Crippen LogP) is 3.28. The van der Waals surface area contributed by atoms with Gasteiger partial charge >= 0.3 is 0 Å². The SMILES string of the molecule is Cc1cc(C(=O)C(C)CC#N)c2ccccc2n1. The number of benzene rings is 1. The Kier molecular flexibility index (Phi) is 3.38. The molecule has 3 heteroatoms. The lowest BCUT2D eigenvalue weighted by molar-refractivity contribution is 0.0933. The molecular weight excluding hydrogens is 224 g/mol. The Morgan fingerprint density at radius 2 is 2.17 bits per heavy atom. The summed E-state index contributed by atoms with van der Waals surface area (Å²) in [6.45, 7) is 3.66. The number of rotatable bonds is 3. The zero-order valence-electron chi connectivity index (χ0n) is 10.5. The Bertz CT molecular complexity index is 640. The van der Waals surface area contributed by atoms with Crippen LogP contribution in [0, 0.1) is 24.2 Å². The third-order valence-corrected chi connectivity index (χ3v) is 2.95. The number of nitrogens with zero attached hydrogens (tertiary/aromatic N) is 2. The molecule has 0 saturated carbocycles. The lowest BCUT2D eigenvalue weighted by atomic mass is 9.94. The molecule has 1 heterocycles. The van der Waals surface area contributed by atoms with E-state index in [0.717, 1.165) is 16.6 Å². The molecule has 2 aromatic rings. The van der Waals surface area contributed by atoms with Gasteiger partial charge in [-0.05, 0) is 19.1 Å². The maximum absolute atomic E-state index is 12.3. The van der Waals surface area contributed by atoms with Gasteiger partial charge in [-0.3, -0.25) is 9.78 Å². The van der Waals surface area contributed by atoms with Gasteiger partial charge in [-0.2, -0.15) is 5.26 Å². The fourth-order valence-electron chi connectivity index (χ4n) is 2.01. The summed E-state index contributed by atoms with van der Waals surface area (Å²) in [5.41, 5.74) is 2.31. The quantitative estimate of drug-likeness (QED) is 0.771. The lowest BCUT2D eigenvalue weighted by Crippen LogP contribution is -2.12. The van der Waals surface area contributed by atoms with Crippen molar-refractivity contribution < 1.29 is 4.79 Å². The van der Waals surface area contributed by atoms with E-state index in [-0.39, 0.29) is 18.1 Å². The highest BCUT2D eigenvalue weighted by Crippen LogP contribution is 2.22. The molecule has 2 rings (SSSR count). The summed E-state index contributed by atoms with van der Waals surface area (Å²) in [5.74, 6) is -0.265.